The minimum absolute atomic E-state index is 0.0265. The SMILES string of the molecule is Cc1csc(NC(=O)c2cc3c(s2)CC[C@H](C)C3)n1. The first-order valence-corrected chi connectivity index (χ1v) is 8.16. The van der Waals surface area contributed by atoms with Crippen LogP contribution in [0.4, 0.5) is 5.13 Å². The van der Waals surface area contributed by atoms with Crippen LogP contribution >= 0.6 is 22.7 Å². The van der Waals surface area contributed by atoms with Crippen molar-refractivity contribution >= 4 is 33.7 Å². The van der Waals surface area contributed by atoms with Crippen molar-refractivity contribution in [2.75, 3.05) is 5.32 Å². The zero-order chi connectivity index (χ0) is 13.4. The molecule has 5 heteroatoms. The summed E-state index contributed by atoms with van der Waals surface area (Å²) in [6.45, 7) is 4.20. The Morgan fingerprint density at radius 1 is 1.53 bits per heavy atom. The van der Waals surface area contributed by atoms with E-state index in [0.29, 0.717) is 5.13 Å². The highest BCUT2D eigenvalue weighted by Gasteiger charge is 2.21. The van der Waals surface area contributed by atoms with Crippen LogP contribution in [0.1, 0.15) is 39.2 Å². The average Bonchev–Trinajstić information content (AvgIpc) is 2.95. The van der Waals surface area contributed by atoms with Gasteiger partial charge in [-0.3, -0.25) is 10.1 Å². The van der Waals surface area contributed by atoms with Gasteiger partial charge in [0.25, 0.3) is 5.91 Å². The van der Waals surface area contributed by atoms with Crippen LogP contribution in [-0.2, 0) is 12.8 Å². The van der Waals surface area contributed by atoms with Crippen LogP contribution in [0, 0.1) is 12.8 Å². The monoisotopic (exact) mass is 292 g/mol. The number of hydrogen-bond donors (Lipinski definition) is 1. The fourth-order valence-electron chi connectivity index (χ4n) is 2.39. The van der Waals surface area contributed by atoms with E-state index in [2.05, 4.69) is 23.3 Å². The van der Waals surface area contributed by atoms with Crippen LogP contribution in [0.2, 0.25) is 0 Å². The molecule has 0 unspecified atom stereocenters. The van der Waals surface area contributed by atoms with Crippen molar-refractivity contribution in [2.24, 2.45) is 5.92 Å². The number of fused-ring (bicyclic) bond motifs is 1. The molecule has 2 heterocycles. The molecule has 100 valence electrons. The van der Waals surface area contributed by atoms with E-state index < -0.39 is 0 Å². The molecule has 1 N–H and O–H groups in total. The summed E-state index contributed by atoms with van der Waals surface area (Å²) in [4.78, 5) is 18.6. The summed E-state index contributed by atoms with van der Waals surface area (Å²) in [5, 5.41) is 5.50. The Morgan fingerprint density at radius 2 is 2.37 bits per heavy atom. The molecule has 0 spiro atoms. The van der Waals surface area contributed by atoms with Gasteiger partial charge in [0.15, 0.2) is 5.13 Å². The lowest BCUT2D eigenvalue weighted by atomic mass is 9.90. The van der Waals surface area contributed by atoms with Crippen molar-refractivity contribution in [3.8, 4) is 0 Å². The van der Waals surface area contributed by atoms with E-state index in [1.54, 1.807) is 11.3 Å². The lowest BCUT2D eigenvalue weighted by Crippen LogP contribution is -2.10. The third kappa shape index (κ3) is 2.72. The zero-order valence-electron chi connectivity index (χ0n) is 11.0. The van der Waals surface area contributed by atoms with Crippen LogP contribution in [0.5, 0.6) is 0 Å². The van der Waals surface area contributed by atoms with E-state index in [1.165, 1.54) is 28.2 Å². The molecule has 3 nitrogen and oxygen atoms in total. The predicted octanol–water partition coefficient (Wildman–Crippen LogP) is 3.89. The molecule has 1 aliphatic rings. The smallest absolute Gasteiger partial charge is 0.267 e. The number of rotatable bonds is 2. The normalized spacial score (nSPS) is 18.1. The minimum Gasteiger partial charge on any atom is -0.297 e. The molecule has 0 aromatic carbocycles. The van der Waals surface area contributed by atoms with Crippen molar-refractivity contribution in [3.63, 3.8) is 0 Å². The summed E-state index contributed by atoms with van der Waals surface area (Å²) < 4.78 is 0. The average molecular weight is 292 g/mol. The Hall–Kier alpha value is -1.20. The second-order valence-electron chi connectivity index (χ2n) is 5.16. The fraction of sp³-hybridized carbons (Fsp3) is 0.429. The van der Waals surface area contributed by atoms with Crippen molar-refractivity contribution < 1.29 is 4.79 Å². The molecule has 0 saturated carbocycles. The van der Waals surface area contributed by atoms with Gasteiger partial charge in [-0.1, -0.05) is 6.92 Å². The topological polar surface area (TPSA) is 42.0 Å². The van der Waals surface area contributed by atoms with Gasteiger partial charge in [-0.15, -0.1) is 22.7 Å². The number of anilines is 1. The molecule has 0 fully saturated rings. The third-order valence-electron chi connectivity index (χ3n) is 3.39. The van der Waals surface area contributed by atoms with Gasteiger partial charge in [-0.25, -0.2) is 4.98 Å². The number of carbonyl (C=O) groups is 1. The van der Waals surface area contributed by atoms with Crippen molar-refractivity contribution in [2.45, 2.75) is 33.1 Å². The second kappa shape index (κ2) is 5.06. The maximum Gasteiger partial charge on any atom is 0.267 e. The van der Waals surface area contributed by atoms with E-state index >= 15 is 0 Å². The zero-order valence-corrected chi connectivity index (χ0v) is 12.7. The maximum atomic E-state index is 12.2. The van der Waals surface area contributed by atoms with Crippen LogP contribution < -0.4 is 5.32 Å². The Kier molecular flexibility index (Phi) is 3.41. The quantitative estimate of drug-likeness (QED) is 0.912. The number of thiazole rings is 1. The summed E-state index contributed by atoms with van der Waals surface area (Å²) in [6.07, 6.45) is 3.46. The Bertz CT molecular complexity index is 615. The number of carbonyl (C=O) groups excluding carboxylic acids is 1. The van der Waals surface area contributed by atoms with Gasteiger partial charge in [-0.2, -0.15) is 0 Å². The summed E-state index contributed by atoms with van der Waals surface area (Å²) >= 11 is 3.11. The van der Waals surface area contributed by atoms with Gasteiger partial charge in [0, 0.05) is 10.3 Å². The molecule has 3 rings (SSSR count). The van der Waals surface area contributed by atoms with Crippen LogP contribution in [0.25, 0.3) is 0 Å². The first-order valence-electron chi connectivity index (χ1n) is 6.47. The van der Waals surface area contributed by atoms with Gasteiger partial charge in [0.1, 0.15) is 0 Å². The number of nitrogens with zero attached hydrogens (tertiary/aromatic N) is 1. The van der Waals surface area contributed by atoms with E-state index in [0.717, 1.165) is 29.3 Å². The largest absolute Gasteiger partial charge is 0.297 e. The third-order valence-corrected chi connectivity index (χ3v) is 5.50. The summed E-state index contributed by atoms with van der Waals surface area (Å²) in [5.74, 6) is 0.709. The molecule has 2 aromatic heterocycles. The lowest BCUT2D eigenvalue weighted by Gasteiger charge is -2.16. The van der Waals surface area contributed by atoms with Gasteiger partial charge < -0.3 is 0 Å². The highest BCUT2D eigenvalue weighted by atomic mass is 32.1. The number of aromatic nitrogens is 1. The molecule has 2 aromatic rings. The van der Waals surface area contributed by atoms with E-state index in [4.69, 9.17) is 0 Å². The molecule has 0 bridgehead atoms. The molecule has 0 aliphatic heterocycles. The van der Waals surface area contributed by atoms with Gasteiger partial charge in [0.2, 0.25) is 0 Å². The molecule has 19 heavy (non-hydrogen) atoms. The van der Waals surface area contributed by atoms with Gasteiger partial charge in [0.05, 0.1) is 10.6 Å². The van der Waals surface area contributed by atoms with Crippen molar-refractivity contribution in [1.82, 2.24) is 4.98 Å². The van der Waals surface area contributed by atoms with Crippen molar-refractivity contribution in [1.29, 1.82) is 0 Å². The van der Waals surface area contributed by atoms with E-state index in [-0.39, 0.29) is 5.91 Å². The van der Waals surface area contributed by atoms with Crippen LogP contribution in [0.15, 0.2) is 11.4 Å². The predicted molar refractivity (Wildman–Crippen MR) is 80.3 cm³/mol. The molecule has 1 aliphatic carbocycles. The standard InChI is InChI=1S/C14H16N2OS2/c1-8-3-4-11-10(5-8)6-12(19-11)13(17)16-14-15-9(2)7-18-14/h6-8H,3-5H2,1-2H3,(H,15,16,17)/t8-/m0/s1. The van der Waals surface area contributed by atoms with Crippen LogP contribution in [-0.4, -0.2) is 10.9 Å². The first kappa shape index (κ1) is 12.8. The lowest BCUT2D eigenvalue weighted by molar-refractivity contribution is 0.103. The molecule has 0 radical (unpaired) electrons. The van der Waals surface area contributed by atoms with Crippen LogP contribution in [0.3, 0.4) is 0 Å². The highest BCUT2D eigenvalue weighted by Crippen LogP contribution is 2.32. The molecule has 1 atom stereocenters. The Balaban J connectivity index is 1.77. The molecule has 0 saturated heterocycles. The Labute approximate surface area is 120 Å². The molecular weight excluding hydrogens is 276 g/mol. The highest BCUT2D eigenvalue weighted by molar-refractivity contribution is 7.15. The fourth-order valence-corrected chi connectivity index (χ4v) is 4.17. The number of hydrogen-bond acceptors (Lipinski definition) is 4. The number of nitrogens with one attached hydrogen (secondary N) is 1. The van der Waals surface area contributed by atoms with E-state index in [1.807, 2.05) is 12.3 Å². The minimum atomic E-state index is -0.0265. The summed E-state index contributed by atoms with van der Waals surface area (Å²) in [5.41, 5.74) is 2.31. The molecular formula is C14H16N2OS2. The summed E-state index contributed by atoms with van der Waals surface area (Å²) in [6, 6.07) is 2.06. The molecule has 1 amide bonds. The summed E-state index contributed by atoms with van der Waals surface area (Å²) in [7, 11) is 0. The van der Waals surface area contributed by atoms with Gasteiger partial charge >= 0.3 is 0 Å². The van der Waals surface area contributed by atoms with Crippen molar-refractivity contribution in [3.05, 3.63) is 32.5 Å². The number of amides is 1. The number of thiophene rings is 1. The van der Waals surface area contributed by atoms with Gasteiger partial charge in [-0.05, 0) is 43.7 Å². The first-order chi connectivity index (χ1) is 9.11. The van der Waals surface area contributed by atoms with E-state index in [9.17, 15) is 4.79 Å². The maximum absolute atomic E-state index is 12.2. The number of aryl methyl sites for hydroxylation is 2. The second-order valence-corrected chi connectivity index (χ2v) is 7.15. The Morgan fingerprint density at radius 3 is 3.11 bits per heavy atom.